The topological polar surface area (TPSA) is 40.9 Å². The summed E-state index contributed by atoms with van der Waals surface area (Å²) in [7, 11) is 1.68. The van der Waals surface area contributed by atoms with Gasteiger partial charge in [0.05, 0.1) is 27.2 Å². The van der Waals surface area contributed by atoms with Crippen LogP contribution in [0.25, 0.3) is 22.4 Å². The quantitative estimate of drug-likeness (QED) is 0.592. The summed E-state index contributed by atoms with van der Waals surface area (Å²) in [6.07, 6.45) is -4.50. The predicted molar refractivity (Wildman–Crippen MR) is 93.1 cm³/mol. The molecular weight excluding hydrogens is 373 g/mol. The molecular formula is C17H14ClF3N2OS. The van der Waals surface area contributed by atoms with Gasteiger partial charge in [0.2, 0.25) is 0 Å². The maximum absolute atomic E-state index is 13.0. The number of hydrogen-bond donors (Lipinski definition) is 0. The molecule has 0 radical (unpaired) electrons. The number of rotatable bonds is 3. The molecule has 0 amide bonds. The lowest BCUT2D eigenvalue weighted by molar-refractivity contribution is -0.137. The van der Waals surface area contributed by atoms with E-state index in [9.17, 15) is 17.7 Å². The second kappa shape index (κ2) is 6.55. The van der Waals surface area contributed by atoms with Gasteiger partial charge in [-0.05, 0) is 42.4 Å². The van der Waals surface area contributed by atoms with E-state index in [2.05, 4.69) is 4.98 Å². The molecule has 0 aliphatic heterocycles. The van der Waals surface area contributed by atoms with Crippen LogP contribution in [0.5, 0.6) is 0 Å². The summed E-state index contributed by atoms with van der Waals surface area (Å²) in [5.74, 6) is 0.855. The van der Waals surface area contributed by atoms with Gasteiger partial charge in [-0.2, -0.15) is 13.2 Å². The smallest absolute Gasteiger partial charge is 0.416 e. The van der Waals surface area contributed by atoms with Crippen molar-refractivity contribution in [2.45, 2.75) is 18.0 Å². The summed E-state index contributed by atoms with van der Waals surface area (Å²) in [6.45, 7) is 1.80. The van der Waals surface area contributed by atoms with E-state index in [1.807, 2.05) is 0 Å². The molecule has 3 aromatic rings. The van der Waals surface area contributed by atoms with E-state index in [1.54, 1.807) is 42.8 Å². The van der Waals surface area contributed by atoms with Crippen LogP contribution in [0, 0.1) is 0 Å². The Bertz CT molecular complexity index is 940. The largest absolute Gasteiger partial charge is 0.611 e. The van der Waals surface area contributed by atoms with Gasteiger partial charge in [0, 0.05) is 7.05 Å². The molecule has 0 spiro atoms. The van der Waals surface area contributed by atoms with Crippen LogP contribution in [0.1, 0.15) is 12.5 Å². The maximum Gasteiger partial charge on any atom is 0.416 e. The van der Waals surface area contributed by atoms with Crippen molar-refractivity contribution in [3.63, 3.8) is 0 Å². The van der Waals surface area contributed by atoms with E-state index in [1.165, 1.54) is 0 Å². The third-order valence-corrected chi connectivity index (χ3v) is 5.54. The first-order chi connectivity index (χ1) is 11.7. The first kappa shape index (κ1) is 18.1. The summed E-state index contributed by atoms with van der Waals surface area (Å²) in [6, 6.07) is 8.90. The van der Waals surface area contributed by atoms with Gasteiger partial charge in [-0.3, -0.25) is 0 Å². The van der Waals surface area contributed by atoms with Crippen molar-refractivity contribution in [1.82, 2.24) is 9.55 Å². The third-order valence-electron chi connectivity index (χ3n) is 3.89. The molecule has 3 nitrogen and oxygen atoms in total. The molecule has 1 atom stereocenters. The third kappa shape index (κ3) is 3.23. The number of nitrogens with zero attached hydrogens (tertiary/aromatic N) is 2. The Morgan fingerprint density at radius 3 is 2.56 bits per heavy atom. The highest BCUT2D eigenvalue weighted by atomic mass is 35.5. The first-order valence-electron chi connectivity index (χ1n) is 7.45. The molecule has 1 heterocycles. The van der Waals surface area contributed by atoms with E-state index in [0.29, 0.717) is 27.6 Å². The highest BCUT2D eigenvalue weighted by molar-refractivity contribution is 7.91. The van der Waals surface area contributed by atoms with Crippen molar-refractivity contribution >= 4 is 33.8 Å². The van der Waals surface area contributed by atoms with Crippen LogP contribution in [-0.2, 0) is 24.4 Å². The van der Waals surface area contributed by atoms with E-state index >= 15 is 0 Å². The fraction of sp³-hybridized carbons (Fsp3) is 0.235. The summed E-state index contributed by atoms with van der Waals surface area (Å²) < 4.78 is 52.9. The summed E-state index contributed by atoms with van der Waals surface area (Å²) in [5.41, 5.74) is 0.322. The second-order valence-corrected chi connectivity index (χ2v) is 7.56. The van der Waals surface area contributed by atoms with Gasteiger partial charge < -0.3 is 9.12 Å². The highest BCUT2D eigenvalue weighted by Crippen LogP contribution is 2.37. The van der Waals surface area contributed by atoms with E-state index in [0.717, 1.165) is 12.1 Å². The molecule has 0 saturated carbocycles. The Labute approximate surface area is 150 Å². The summed E-state index contributed by atoms with van der Waals surface area (Å²) in [5, 5.41) is -0.0276. The number of alkyl halides is 3. The minimum atomic E-state index is -4.50. The van der Waals surface area contributed by atoms with Crippen molar-refractivity contribution in [1.29, 1.82) is 0 Å². The van der Waals surface area contributed by atoms with Crippen molar-refractivity contribution < 1.29 is 17.7 Å². The SMILES string of the molecule is CC[S+]([O-])c1ccccc1-c1nc2cc(C(F)(F)F)cc(Cl)c2n1C. The molecule has 25 heavy (non-hydrogen) atoms. The van der Waals surface area contributed by atoms with Gasteiger partial charge in [0.1, 0.15) is 11.6 Å². The van der Waals surface area contributed by atoms with Gasteiger partial charge in [-0.1, -0.05) is 23.7 Å². The molecule has 8 heteroatoms. The normalized spacial score (nSPS) is 13.4. The standard InChI is InChI=1S/C17H14ClF3N2OS/c1-3-25(24)14-7-5-4-6-11(14)16-22-13-9-10(17(19,20)21)8-12(18)15(13)23(16)2/h4-9H,3H2,1-2H3. The number of fused-ring (bicyclic) bond motifs is 1. The Balaban J connectivity index is 2.26. The van der Waals surface area contributed by atoms with Gasteiger partial charge >= 0.3 is 6.18 Å². The minimum Gasteiger partial charge on any atom is -0.611 e. The van der Waals surface area contributed by atoms with Gasteiger partial charge in [0.25, 0.3) is 0 Å². The van der Waals surface area contributed by atoms with Crippen molar-refractivity contribution in [2.75, 3.05) is 5.75 Å². The fourth-order valence-electron chi connectivity index (χ4n) is 2.71. The lowest BCUT2D eigenvalue weighted by atomic mass is 10.2. The zero-order valence-corrected chi connectivity index (χ0v) is 15.0. The number of halogens is 4. The average molecular weight is 387 g/mol. The van der Waals surface area contributed by atoms with Gasteiger partial charge in [0.15, 0.2) is 4.90 Å². The second-order valence-electron chi connectivity index (χ2n) is 5.45. The monoisotopic (exact) mass is 386 g/mol. The Kier molecular flexibility index (Phi) is 4.74. The molecule has 0 fully saturated rings. The molecule has 2 aromatic carbocycles. The summed E-state index contributed by atoms with van der Waals surface area (Å²) in [4.78, 5) is 4.93. The molecule has 0 aliphatic rings. The minimum absolute atomic E-state index is 0.0276. The molecule has 3 rings (SSSR count). The number of imidazole rings is 1. The molecule has 0 N–H and O–H groups in total. The van der Waals surface area contributed by atoms with Crippen LogP contribution in [-0.4, -0.2) is 19.9 Å². The van der Waals surface area contributed by atoms with E-state index < -0.39 is 22.9 Å². The zero-order valence-electron chi connectivity index (χ0n) is 13.4. The molecule has 0 bridgehead atoms. The maximum atomic E-state index is 13.0. The van der Waals surface area contributed by atoms with E-state index in [-0.39, 0.29) is 10.5 Å². The van der Waals surface area contributed by atoms with Crippen LogP contribution >= 0.6 is 11.6 Å². The van der Waals surface area contributed by atoms with Crippen molar-refractivity contribution in [2.24, 2.45) is 7.05 Å². The zero-order chi connectivity index (χ0) is 18.4. The van der Waals surface area contributed by atoms with E-state index in [4.69, 9.17) is 11.6 Å². The fourth-order valence-corrected chi connectivity index (χ4v) is 3.99. The predicted octanol–water partition coefficient (Wildman–Crippen LogP) is 5.04. The number of aromatic nitrogens is 2. The lowest BCUT2D eigenvalue weighted by Crippen LogP contribution is -2.07. The highest BCUT2D eigenvalue weighted by Gasteiger charge is 2.32. The van der Waals surface area contributed by atoms with Crippen molar-refractivity contribution in [3.8, 4) is 11.4 Å². The Hall–Kier alpha value is -1.70. The van der Waals surface area contributed by atoms with Crippen LogP contribution in [0.15, 0.2) is 41.3 Å². The number of hydrogen-bond acceptors (Lipinski definition) is 2. The lowest BCUT2D eigenvalue weighted by Gasteiger charge is -2.12. The molecule has 0 saturated heterocycles. The van der Waals surface area contributed by atoms with Gasteiger partial charge in [-0.15, -0.1) is 0 Å². The Morgan fingerprint density at radius 1 is 1.24 bits per heavy atom. The summed E-state index contributed by atoms with van der Waals surface area (Å²) >= 11 is 4.86. The number of benzene rings is 2. The van der Waals surface area contributed by atoms with Crippen LogP contribution < -0.4 is 0 Å². The first-order valence-corrected chi connectivity index (χ1v) is 9.14. The molecule has 132 valence electrons. The van der Waals surface area contributed by atoms with Crippen LogP contribution in [0.2, 0.25) is 5.02 Å². The molecule has 0 aliphatic carbocycles. The van der Waals surface area contributed by atoms with Crippen molar-refractivity contribution in [3.05, 3.63) is 47.0 Å². The van der Waals surface area contributed by atoms with Gasteiger partial charge in [-0.25, -0.2) is 4.98 Å². The van der Waals surface area contributed by atoms with Crippen LogP contribution in [0.4, 0.5) is 13.2 Å². The molecule has 1 unspecified atom stereocenters. The Morgan fingerprint density at radius 2 is 1.92 bits per heavy atom. The average Bonchev–Trinajstić information content (AvgIpc) is 2.90. The number of aryl methyl sites for hydroxylation is 1. The van der Waals surface area contributed by atoms with Crippen LogP contribution in [0.3, 0.4) is 0 Å². The molecule has 1 aromatic heterocycles.